The number of hydrogen-bond donors (Lipinski definition) is 1. The van der Waals surface area contributed by atoms with Crippen LogP contribution in [-0.4, -0.2) is 11.2 Å². The van der Waals surface area contributed by atoms with Crippen LogP contribution in [0.15, 0.2) is 29.7 Å². The maximum Gasteiger partial charge on any atom is 0.252 e. The number of nitrogen functional groups attached to an aromatic ring is 1. The number of anilines is 1. The molecular formula is C10H14N2O2. The zero-order valence-corrected chi connectivity index (χ0v) is 8.19. The van der Waals surface area contributed by atoms with Crippen molar-refractivity contribution >= 4 is 5.69 Å². The molecule has 1 aromatic heterocycles. The van der Waals surface area contributed by atoms with E-state index < -0.39 is 0 Å². The molecule has 76 valence electrons. The van der Waals surface area contributed by atoms with Crippen LogP contribution in [0, 0.1) is 6.92 Å². The van der Waals surface area contributed by atoms with Crippen LogP contribution in [0.5, 0.6) is 0 Å². The molecule has 1 aromatic rings. The van der Waals surface area contributed by atoms with Gasteiger partial charge >= 0.3 is 0 Å². The molecule has 2 N–H and O–H groups in total. The molecule has 4 nitrogen and oxygen atoms in total. The lowest BCUT2D eigenvalue weighted by atomic mass is 10.2. The van der Waals surface area contributed by atoms with Gasteiger partial charge in [0.25, 0.3) is 5.56 Å². The number of ether oxygens (including phenoxy) is 1. The monoisotopic (exact) mass is 194 g/mol. The standard InChI is InChI=1S/C10H14N2O2/c1-3-4-14-7-12-6-9(11)8(2)5-10(12)13/h3,5-6H,1,4,7,11H2,2H3. The van der Waals surface area contributed by atoms with Crippen LogP contribution >= 0.6 is 0 Å². The molecule has 14 heavy (non-hydrogen) atoms. The third kappa shape index (κ3) is 2.47. The largest absolute Gasteiger partial charge is 0.397 e. The minimum absolute atomic E-state index is 0.110. The molecule has 0 aromatic carbocycles. The van der Waals surface area contributed by atoms with Crippen LogP contribution in [-0.2, 0) is 11.5 Å². The number of aromatic nitrogens is 1. The summed E-state index contributed by atoms with van der Waals surface area (Å²) in [7, 11) is 0. The lowest BCUT2D eigenvalue weighted by Crippen LogP contribution is -2.21. The summed E-state index contributed by atoms with van der Waals surface area (Å²) in [6.45, 7) is 5.93. The van der Waals surface area contributed by atoms with Gasteiger partial charge in [-0.15, -0.1) is 6.58 Å². The van der Waals surface area contributed by atoms with Gasteiger partial charge in [-0.2, -0.15) is 0 Å². The molecule has 0 radical (unpaired) electrons. The predicted octanol–water partition coefficient (Wildman–Crippen LogP) is 0.899. The van der Waals surface area contributed by atoms with Crippen molar-refractivity contribution in [3.63, 3.8) is 0 Å². The van der Waals surface area contributed by atoms with Gasteiger partial charge in [-0.05, 0) is 12.5 Å². The first kappa shape index (κ1) is 10.5. The van der Waals surface area contributed by atoms with Crippen LogP contribution in [0.3, 0.4) is 0 Å². The van der Waals surface area contributed by atoms with Crippen molar-refractivity contribution < 1.29 is 4.74 Å². The smallest absolute Gasteiger partial charge is 0.252 e. The van der Waals surface area contributed by atoms with Gasteiger partial charge in [0.1, 0.15) is 6.73 Å². The summed E-state index contributed by atoms with van der Waals surface area (Å²) in [4.78, 5) is 11.4. The average Bonchev–Trinajstić information content (AvgIpc) is 2.14. The number of pyridine rings is 1. The Morgan fingerprint density at radius 3 is 3.07 bits per heavy atom. The van der Waals surface area contributed by atoms with E-state index in [2.05, 4.69) is 6.58 Å². The highest BCUT2D eigenvalue weighted by Gasteiger charge is 1.99. The van der Waals surface area contributed by atoms with E-state index >= 15 is 0 Å². The normalized spacial score (nSPS) is 10.1. The summed E-state index contributed by atoms with van der Waals surface area (Å²) < 4.78 is 6.56. The second-order valence-electron chi connectivity index (χ2n) is 3.01. The molecule has 0 amide bonds. The molecule has 0 aliphatic rings. The molecule has 4 heteroatoms. The van der Waals surface area contributed by atoms with E-state index in [9.17, 15) is 4.79 Å². The third-order valence-corrected chi connectivity index (χ3v) is 1.84. The molecule has 1 heterocycles. The summed E-state index contributed by atoms with van der Waals surface area (Å²) >= 11 is 0. The Morgan fingerprint density at radius 2 is 2.43 bits per heavy atom. The second kappa shape index (κ2) is 4.62. The quantitative estimate of drug-likeness (QED) is 0.572. The molecule has 0 saturated carbocycles. The zero-order chi connectivity index (χ0) is 10.6. The number of aryl methyl sites for hydroxylation is 1. The van der Waals surface area contributed by atoms with Gasteiger partial charge in [-0.1, -0.05) is 6.08 Å². The Balaban J connectivity index is 2.82. The summed E-state index contributed by atoms with van der Waals surface area (Å²) in [5.74, 6) is 0. The summed E-state index contributed by atoms with van der Waals surface area (Å²) in [6.07, 6.45) is 3.21. The molecule has 0 aliphatic carbocycles. The second-order valence-corrected chi connectivity index (χ2v) is 3.01. The average molecular weight is 194 g/mol. The fourth-order valence-electron chi connectivity index (χ4n) is 1.02. The molecule has 0 saturated heterocycles. The van der Waals surface area contributed by atoms with Gasteiger partial charge in [0, 0.05) is 12.3 Å². The predicted molar refractivity (Wildman–Crippen MR) is 56.0 cm³/mol. The topological polar surface area (TPSA) is 57.2 Å². The summed E-state index contributed by atoms with van der Waals surface area (Å²) in [5.41, 5.74) is 6.92. The van der Waals surface area contributed by atoms with Crippen molar-refractivity contribution in [3.05, 3.63) is 40.8 Å². The van der Waals surface area contributed by atoms with E-state index in [0.717, 1.165) is 5.56 Å². The lowest BCUT2D eigenvalue weighted by Gasteiger charge is -2.07. The lowest BCUT2D eigenvalue weighted by molar-refractivity contribution is 0.0978. The third-order valence-electron chi connectivity index (χ3n) is 1.84. The fourth-order valence-corrected chi connectivity index (χ4v) is 1.02. The molecule has 0 atom stereocenters. The first-order chi connectivity index (χ1) is 6.65. The van der Waals surface area contributed by atoms with Crippen molar-refractivity contribution in [1.29, 1.82) is 0 Å². The highest BCUT2D eigenvalue weighted by Crippen LogP contribution is 2.04. The number of hydrogen-bond acceptors (Lipinski definition) is 3. The Hall–Kier alpha value is -1.55. The Morgan fingerprint density at radius 1 is 1.71 bits per heavy atom. The van der Waals surface area contributed by atoms with Gasteiger partial charge in [-0.3, -0.25) is 9.36 Å². The van der Waals surface area contributed by atoms with Crippen molar-refractivity contribution in [2.24, 2.45) is 0 Å². The minimum Gasteiger partial charge on any atom is -0.397 e. The molecule has 0 spiro atoms. The van der Waals surface area contributed by atoms with Crippen LogP contribution in [0.25, 0.3) is 0 Å². The molecule has 1 rings (SSSR count). The zero-order valence-electron chi connectivity index (χ0n) is 8.19. The van der Waals surface area contributed by atoms with Crippen molar-refractivity contribution in [2.45, 2.75) is 13.7 Å². The molecule has 0 fully saturated rings. The molecular weight excluding hydrogens is 180 g/mol. The highest BCUT2D eigenvalue weighted by atomic mass is 16.5. The maximum atomic E-state index is 11.4. The molecule has 0 unspecified atom stereocenters. The van der Waals surface area contributed by atoms with E-state index in [-0.39, 0.29) is 12.3 Å². The Bertz CT molecular complexity index is 382. The van der Waals surface area contributed by atoms with E-state index in [1.165, 1.54) is 10.6 Å². The SMILES string of the molecule is C=CCOCn1cc(N)c(C)cc1=O. The van der Waals surface area contributed by atoms with Crippen LogP contribution in [0.4, 0.5) is 5.69 Å². The van der Waals surface area contributed by atoms with E-state index in [1.54, 1.807) is 19.2 Å². The first-order valence-electron chi connectivity index (χ1n) is 4.30. The highest BCUT2D eigenvalue weighted by molar-refractivity contribution is 5.42. The Labute approximate surface area is 82.6 Å². The Kier molecular flexibility index (Phi) is 3.48. The molecule has 0 bridgehead atoms. The number of nitrogens with two attached hydrogens (primary N) is 1. The maximum absolute atomic E-state index is 11.4. The minimum atomic E-state index is -0.110. The van der Waals surface area contributed by atoms with Crippen molar-refractivity contribution in [3.8, 4) is 0 Å². The summed E-state index contributed by atoms with van der Waals surface area (Å²) in [5, 5.41) is 0. The number of rotatable bonds is 4. The summed E-state index contributed by atoms with van der Waals surface area (Å²) in [6, 6.07) is 1.49. The van der Waals surface area contributed by atoms with Crippen LogP contribution in [0.1, 0.15) is 5.56 Å². The molecule has 0 aliphatic heterocycles. The van der Waals surface area contributed by atoms with E-state index in [4.69, 9.17) is 10.5 Å². The van der Waals surface area contributed by atoms with E-state index in [0.29, 0.717) is 12.3 Å². The van der Waals surface area contributed by atoms with Gasteiger partial charge in [-0.25, -0.2) is 0 Å². The van der Waals surface area contributed by atoms with Crippen molar-refractivity contribution in [2.75, 3.05) is 12.3 Å². The van der Waals surface area contributed by atoms with Crippen LogP contribution in [0.2, 0.25) is 0 Å². The van der Waals surface area contributed by atoms with Crippen LogP contribution < -0.4 is 11.3 Å². The van der Waals surface area contributed by atoms with Gasteiger partial charge in [0.15, 0.2) is 0 Å². The van der Waals surface area contributed by atoms with E-state index in [1.807, 2.05) is 0 Å². The van der Waals surface area contributed by atoms with Gasteiger partial charge < -0.3 is 10.5 Å². The van der Waals surface area contributed by atoms with Crippen molar-refractivity contribution in [1.82, 2.24) is 4.57 Å². The fraction of sp³-hybridized carbons (Fsp3) is 0.300. The van der Waals surface area contributed by atoms with Gasteiger partial charge in [0.05, 0.1) is 12.3 Å². The number of nitrogens with zero attached hydrogens (tertiary/aromatic N) is 1. The van der Waals surface area contributed by atoms with Gasteiger partial charge in [0.2, 0.25) is 0 Å². The first-order valence-corrected chi connectivity index (χ1v) is 4.30.